The third-order valence-electron chi connectivity index (χ3n) is 8.15. The Bertz CT molecular complexity index is 2230. The maximum atomic E-state index is 13.0. The van der Waals surface area contributed by atoms with Gasteiger partial charge in [0.05, 0.1) is 5.54 Å². The molecule has 5 aromatic rings. The molecule has 16 nitrogen and oxygen atoms in total. The minimum atomic E-state index is -4.66. The van der Waals surface area contributed by atoms with Gasteiger partial charge in [0.2, 0.25) is 11.9 Å². The van der Waals surface area contributed by atoms with E-state index in [1.807, 2.05) is 12.1 Å². The second-order valence-electron chi connectivity index (χ2n) is 12.4. The molecule has 6 N–H and O–H groups in total. The molecule has 6 rings (SSSR count). The highest BCUT2D eigenvalue weighted by Gasteiger charge is 2.45. The Morgan fingerprint density at radius 1 is 0.807 bits per heavy atom. The van der Waals surface area contributed by atoms with Crippen molar-refractivity contribution in [3.63, 3.8) is 0 Å². The SMILES string of the molecule is O=C(NC[C@H](NC(=O)c1ccc(Nc2nc(NC3(c4ccc(Cl)cc4)CC3)nc(OCC(F)(F)F)n2)cc1)C(=O)O)C(=O)Nc1ccc(Oc2ccncc2)cc1. The van der Waals surface area contributed by atoms with Gasteiger partial charge < -0.3 is 41.2 Å². The quantitative estimate of drug-likeness (QED) is 0.0728. The lowest BCUT2D eigenvalue weighted by Gasteiger charge is -2.19. The molecule has 3 aromatic carbocycles. The fourth-order valence-corrected chi connectivity index (χ4v) is 5.29. The minimum Gasteiger partial charge on any atom is -0.480 e. The number of ether oxygens (including phenoxy) is 2. The number of hydrogen-bond donors (Lipinski definition) is 6. The van der Waals surface area contributed by atoms with Crippen LogP contribution in [0.2, 0.25) is 5.02 Å². The van der Waals surface area contributed by atoms with E-state index in [-0.39, 0.29) is 23.1 Å². The number of aromatic nitrogens is 4. The number of carboxylic acid groups (broad SMARTS) is 1. The first-order valence-electron chi connectivity index (χ1n) is 16.9. The fourth-order valence-electron chi connectivity index (χ4n) is 5.16. The molecule has 0 unspecified atom stereocenters. The van der Waals surface area contributed by atoms with Gasteiger partial charge >= 0.3 is 30.0 Å². The lowest BCUT2D eigenvalue weighted by Crippen LogP contribution is -2.50. The van der Waals surface area contributed by atoms with Gasteiger partial charge in [-0.3, -0.25) is 19.4 Å². The van der Waals surface area contributed by atoms with E-state index in [2.05, 4.69) is 46.5 Å². The average Bonchev–Trinajstić information content (AvgIpc) is 3.96. The van der Waals surface area contributed by atoms with Gasteiger partial charge in [0.15, 0.2) is 6.61 Å². The van der Waals surface area contributed by atoms with Gasteiger partial charge in [-0.15, -0.1) is 0 Å². The number of pyridine rings is 1. The highest BCUT2D eigenvalue weighted by Crippen LogP contribution is 2.48. The van der Waals surface area contributed by atoms with E-state index >= 15 is 0 Å². The summed E-state index contributed by atoms with van der Waals surface area (Å²) in [5.41, 5.74) is 0.874. The van der Waals surface area contributed by atoms with E-state index in [1.165, 1.54) is 36.4 Å². The molecule has 1 atom stereocenters. The van der Waals surface area contributed by atoms with E-state index in [0.29, 0.717) is 35.1 Å². The number of hydrogen-bond acceptors (Lipinski definition) is 12. The predicted molar refractivity (Wildman–Crippen MR) is 198 cm³/mol. The number of nitrogens with one attached hydrogen (secondary N) is 5. The van der Waals surface area contributed by atoms with Crippen LogP contribution in [-0.2, 0) is 19.9 Å². The van der Waals surface area contributed by atoms with Crippen LogP contribution in [0.15, 0.2) is 97.3 Å². The Balaban J connectivity index is 1.04. The first-order valence-corrected chi connectivity index (χ1v) is 17.3. The number of benzene rings is 3. The van der Waals surface area contributed by atoms with Crippen molar-refractivity contribution in [2.75, 3.05) is 29.1 Å². The first-order chi connectivity index (χ1) is 27.2. The van der Waals surface area contributed by atoms with Gasteiger partial charge in [0.25, 0.3) is 5.91 Å². The molecule has 20 heteroatoms. The van der Waals surface area contributed by atoms with Crippen LogP contribution in [0.3, 0.4) is 0 Å². The van der Waals surface area contributed by atoms with Crippen molar-refractivity contribution in [2.24, 2.45) is 0 Å². The molecule has 0 bridgehead atoms. The third kappa shape index (κ3) is 11.3. The van der Waals surface area contributed by atoms with Crippen LogP contribution in [0.25, 0.3) is 0 Å². The lowest BCUT2D eigenvalue weighted by atomic mass is 10.1. The zero-order valence-corrected chi connectivity index (χ0v) is 30.1. The lowest BCUT2D eigenvalue weighted by molar-refractivity contribution is -0.154. The molecule has 57 heavy (non-hydrogen) atoms. The third-order valence-corrected chi connectivity index (χ3v) is 8.41. The van der Waals surface area contributed by atoms with Gasteiger partial charge in [0, 0.05) is 40.9 Å². The number of carbonyl (C=O) groups excluding carboxylic acids is 3. The number of amides is 3. The molecule has 2 aromatic heterocycles. The van der Waals surface area contributed by atoms with Crippen molar-refractivity contribution in [1.29, 1.82) is 0 Å². The second-order valence-corrected chi connectivity index (χ2v) is 12.9. The molecular formula is C37H31ClF3N9O7. The van der Waals surface area contributed by atoms with E-state index in [9.17, 15) is 37.5 Å². The van der Waals surface area contributed by atoms with Crippen molar-refractivity contribution in [2.45, 2.75) is 30.6 Å². The molecule has 2 heterocycles. The van der Waals surface area contributed by atoms with Crippen molar-refractivity contribution in [3.8, 4) is 17.5 Å². The van der Waals surface area contributed by atoms with Crippen LogP contribution in [0.4, 0.5) is 36.4 Å². The smallest absolute Gasteiger partial charge is 0.422 e. The van der Waals surface area contributed by atoms with Crippen molar-refractivity contribution < 1.29 is 46.9 Å². The molecule has 0 saturated heterocycles. The molecule has 0 radical (unpaired) electrons. The zero-order valence-electron chi connectivity index (χ0n) is 29.3. The Morgan fingerprint density at radius 2 is 1.44 bits per heavy atom. The van der Waals surface area contributed by atoms with Crippen LogP contribution in [0.5, 0.6) is 17.5 Å². The summed E-state index contributed by atoms with van der Waals surface area (Å²) in [4.78, 5) is 65.9. The first kappa shape index (κ1) is 39.7. The summed E-state index contributed by atoms with van der Waals surface area (Å²) >= 11 is 6.02. The normalized spacial score (nSPS) is 13.3. The molecule has 1 aliphatic carbocycles. The van der Waals surface area contributed by atoms with Crippen molar-refractivity contribution >= 4 is 58.6 Å². The zero-order chi connectivity index (χ0) is 40.6. The maximum Gasteiger partial charge on any atom is 0.422 e. The summed E-state index contributed by atoms with van der Waals surface area (Å²) in [7, 11) is 0. The van der Waals surface area contributed by atoms with E-state index in [4.69, 9.17) is 21.1 Å². The molecule has 1 saturated carbocycles. The number of anilines is 4. The van der Waals surface area contributed by atoms with Gasteiger partial charge in [0.1, 0.15) is 17.5 Å². The number of aliphatic carboxylic acids is 1. The molecule has 0 spiro atoms. The van der Waals surface area contributed by atoms with Crippen LogP contribution in [0.1, 0.15) is 28.8 Å². The topological polar surface area (TPSA) is 219 Å². The number of carboxylic acids is 1. The Morgan fingerprint density at radius 3 is 2.07 bits per heavy atom. The minimum absolute atomic E-state index is 0.0121. The van der Waals surface area contributed by atoms with Gasteiger partial charge in [-0.1, -0.05) is 23.7 Å². The largest absolute Gasteiger partial charge is 0.480 e. The van der Waals surface area contributed by atoms with Crippen molar-refractivity contribution in [3.05, 3.63) is 113 Å². The summed E-state index contributed by atoms with van der Waals surface area (Å²) in [6.07, 6.45) is -0.153. The average molecular weight is 806 g/mol. The standard InChI is InChI=1S/C37H31ClF3N9O7/c38-23-5-3-22(4-6-23)36(15-16-36)50-34-47-33(48-35(49-34)56-20-37(39,40)41)45-25-7-1-21(2-8-25)29(51)46-28(32(54)55)19-43-30(52)31(53)44-24-9-11-26(12-10-24)57-27-13-17-42-18-14-27/h1-14,17-18,28H,15-16,19-20H2,(H,43,52)(H,44,53)(H,46,51)(H,54,55)(H2,45,47,48,49,50)/t28-/m0/s1. The Hall–Kier alpha value is -7.02. The summed E-state index contributed by atoms with van der Waals surface area (Å²) < 4.78 is 49.3. The number of carbonyl (C=O) groups is 4. The van der Waals surface area contributed by atoms with Crippen LogP contribution in [-0.4, -0.2) is 74.1 Å². The van der Waals surface area contributed by atoms with E-state index in [0.717, 1.165) is 5.56 Å². The molecular weight excluding hydrogens is 775 g/mol. The highest BCUT2D eigenvalue weighted by molar-refractivity contribution is 6.39. The summed E-state index contributed by atoms with van der Waals surface area (Å²) in [5.74, 6) is -3.76. The fraction of sp³-hybridized carbons (Fsp3) is 0.189. The highest BCUT2D eigenvalue weighted by atomic mass is 35.5. The molecule has 294 valence electrons. The van der Waals surface area contributed by atoms with Gasteiger partial charge in [-0.2, -0.15) is 28.1 Å². The molecule has 1 fully saturated rings. The molecule has 3 amide bonds. The van der Waals surface area contributed by atoms with Gasteiger partial charge in [-0.05, 0) is 91.2 Å². The number of alkyl halides is 3. The van der Waals surface area contributed by atoms with Crippen LogP contribution >= 0.6 is 11.6 Å². The predicted octanol–water partition coefficient (Wildman–Crippen LogP) is 5.44. The summed E-state index contributed by atoms with van der Waals surface area (Å²) in [6.45, 7) is -2.27. The molecule has 0 aliphatic heterocycles. The van der Waals surface area contributed by atoms with E-state index < -0.39 is 60.6 Å². The number of halogens is 4. The summed E-state index contributed by atoms with van der Waals surface area (Å²) in [5, 5.41) is 23.1. The van der Waals surface area contributed by atoms with Gasteiger partial charge in [-0.25, -0.2) is 4.79 Å². The number of rotatable bonds is 15. The molecule has 1 aliphatic rings. The Labute approximate surface area is 326 Å². The van der Waals surface area contributed by atoms with Crippen molar-refractivity contribution in [1.82, 2.24) is 30.6 Å². The van der Waals surface area contributed by atoms with Crippen LogP contribution in [0, 0.1) is 0 Å². The second kappa shape index (κ2) is 17.2. The van der Waals surface area contributed by atoms with E-state index in [1.54, 1.807) is 48.8 Å². The maximum absolute atomic E-state index is 13.0. The Kier molecular flexibility index (Phi) is 12.0. The summed E-state index contributed by atoms with van der Waals surface area (Å²) in [6, 6.07) is 19.8. The number of nitrogens with zero attached hydrogens (tertiary/aromatic N) is 4. The van der Waals surface area contributed by atoms with Crippen LogP contribution < -0.4 is 36.1 Å². The monoisotopic (exact) mass is 805 g/mol.